The van der Waals surface area contributed by atoms with Gasteiger partial charge in [0.1, 0.15) is 12.4 Å². The van der Waals surface area contributed by atoms with Crippen LogP contribution in [0.3, 0.4) is 0 Å². The van der Waals surface area contributed by atoms with Crippen LogP contribution in [-0.2, 0) is 6.61 Å². The molecule has 5 rings (SSSR count). The third-order valence-electron chi connectivity index (χ3n) is 5.90. The van der Waals surface area contributed by atoms with E-state index in [1.54, 1.807) is 42.5 Å². The van der Waals surface area contributed by atoms with E-state index in [9.17, 15) is 9.18 Å². The molecular formula is C32H27FN4O3S. The van der Waals surface area contributed by atoms with Crippen LogP contribution in [0.4, 0.5) is 15.2 Å². The summed E-state index contributed by atoms with van der Waals surface area (Å²) in [7, 11) is 0. The van der Waals surface area contributed by atoms with Crippen LogP contribution in [0, 0.1) is 5.82 Å². The number of para-hydroxylation sites is 1. The van der Waals surface area contributed by atoms with Crippen LogP contribution in [0.1, 0.15) is 28.4 Å². The highest BCUT2D eigenvalue weighted by atomic mass is 32.1. The van der Waals surface area contributed by atoms with E-state index in [1.165, 1.54) is 29.7 Å². The summed E-state index contributed by atoms with van der Waals surface area (Å²) in [5, 5.41) is 10.1. The van der Waals surface area contributed by atoms with Gasteiger partial charge in [0.25, 0.3) is 5.91 Å². The molecule has 1 heterocycles. The van der Waals surface area contributed by atoms with E-state index in [0.29, 0.717) is 34.8 Å². The maximum atomic E-state index is 13.5. The maximum Gasteiger partial charge on any atom is 0.271 e. The molecule has 0 unspecified atom stereocenters. The van der Waals surface area contributed by atoms with Crippen molar-refractivity contribution in [2.24, 2.45) is 5.10 Å². The predicted molar refractivity (Wildman–Crippen MR) is 161 cm³/mol. The van der Waals surface area contributed by atoms with Crippen molar-refractivity contribution in [3.05, 3.63) is 125 Å². The molecule has 4 aromatic carbocycles. The number of nitrogens with zero attached hydrogens (tertiary/aromatic N) is 2. The van der Waals surface area contributed by atoms with Gasteiger partial charge in [-0.25, -0.2) is 14.8 Å². The summed E-state index contributed by atoms with van der Waals surface area (Å²) in [4.78, 5) is 17.3. The Morgan fingerprint density at radius 3 is 2.56 bits per heavy atom. The number of carbonyl (C=O) groups is 1. The monoisotopic (exact) mass is 566 g/mol. The lowest BCUT2D eigenvalue weighted by Crippen LogP contribution is -2.17. The largest absolute Gasteiger partial charge is 0.490 e. The van der Waals surface area contributed by atoms with E-state index < -0.39 is 0 Å². The second-order valence-electron chi connectivity index (χ2n) is 8.86. The average Bonchev–Trinajstić information content (AvgIpc) is 3.46. The Morgan fingerprint density at radius 1 is 0.951 bits per heavy atom. The summed E-state index contributed by atoms with van der Waals surface area (Å²) in [6.45, 7) is 2.52. The second-order valence-corrected chi connectivity index (χ2v) is 9.72. The number of nitrogens with one attached hydrogen (secondary N) is 2. The summed E-state index contributed by atoms with van der Waals surface area (Å²) >= 11 is 1.51. The van der Waals surface area contributed by atoms with Crippen LogP contribution in [0.25, 0.3) is 11.3 Å². The molecule has 0 saturated carbocycles. The fourth-order valence-corrected chi connectivity index (χ4v) is 4.65. The number of aromatic nitrogens is 1. The fourth-order valence-electron chi connectivity index (χ4n) is 3.91. The minimum atomic E-state index is -0.336. The van der Waals surface area contributed by atoms with Gasteiger partial charge in [0.2, 0.25) is 0 Å². The Labute approximate surface area is 241 Å². The van der Waals surface area contributed by atoms with Crippen molar-refractivity contribution in [1.82, 2.24) is 10.4 Å². The number of hydrogen-bond donors (Lipinski definition) is 2. The van der Waals surface area contributed by atoms with E-state index in [-0.39, 0.29) is 18.3 Å². The molecular weight excluding hydrogens is 539 g/mol. The lowest BCUT2D eigenvalue weighted by molar-refractivity contribution is 0.0955. The maximum absolute atomic E-state index is 13.5. The molecule has 41 heavy (non-hydrogen) atoms. The summed E-state index contributed by atoms with van der Waals surface area (Å²) in [5.74, 6) is 0.405. The van der Waals surface area contributed by atoms with Crippen molar-refractivity contribution in [2.75, 3.05) is 11.9 Å². The molecule has 0 aliphatic carbocycles. The first kappa shape index (κ1) is 27.5. The fraction of sp³-hybridized carbons (Fsp3) is 0.0938. The van der Waals surface area contributed by atoms with Gasteiger partial charge in [0.05, 0.1) is 18.5 Å². The van der Waals surface area contributed by atoms with Crippen molar-refractivity contribution in [2.45, 2.75) is 13.5 Å². The highest BCUT2D eigenvalue weighted by molar-refractivity contribution is 7.14. The molecule has 0 atom stereocenters. The number of carbonyl (C=O) groups excluding carboxylic acids is 1. The normalized spacial score (nSPS) is 10.9. The van der Waals surface area contributed by atoms with E-state index in [1.807, 2.05) is 54.8 Å². The highest BCUT2D eigenvalue weighted by Crippen LogP contribution is 2.29. The molecule has 0 spiro atoms. The van der Waals surface area contributed by atoms with Crippen molar-refractivity contribution >= 4 is 34.3 Å². The first-order chi connectivity index (χ1) is 20.1. The minimum absolute atomic E-state index is 0.203. The SMILES string of the molecule is CCOc1cc(/C=N\NC(=O)c2ccc(-c3csc(Nc4ccccc4)n3)cc2)ccc1OCc1cccc(F)c1. The number of anilines is 2. The van der Waals surface area contributed by atoms with Gasteiger partial charge in [-0.15, -0.1) is 11.3 Å². The zero-order valence-electron chi connectivity index (χ0n) is 22.2. The molecule has 0 aliphatic rings. The van der Waals surface area contributed by atoms with Gasteiger partial charge >= 0.3 is 0 Å². The van der Waals surface area contributed by atoms with Crippen LogP contribution >= 0.6 is 11.3 Å². The highest BCUT2D eigenvalue weighted by Gasteiger charge is 2.10. The Hall–Kier alpha value is -5.02. The molecule has 0 saturated heterocycles. The van der Waals surface area contributed by atoms with Crippen molar-refractivity contribution in [1.29, 1.82) is 0 Å². The van der Waals surface area contributed by atoms with Crippen LogP contribution in [0.5, 0.6) is 11.5 Å². The lowest BCUT2D eigenvalue weighted by Gasteiger charge is -2.12. The first-order valence-corrected chi connectivity index (χ1v) is 13.8. The molecule has 206 valence electrons. The standard InChI is InChI=1S/C32H27FN4O3S/c1-2-39-30-18-22(11-16-29(30)40-20-23-7-6-8-26(33)17-23)19-34-37-31(38)25-14-12-24(13-15-25)28-21-41-32(36-28)35-27-9-4-3-5-10-27/h3-19,21H,2,20H2,1H3,(H,35,36)(H,37,38)/b34-19-. The molecule has 2 N–H and O–H groups in total. The van der Waals surface area contributed by atoms with Gasteiger partial charge in [-0.3, -0.25) is 4.79 Å². The topological polar surface area (TPSA) is 84.8 Å². The predicted octanol–water partition coefficient (Wildman–Crippen LogP) is 7.43. The van der Waals surface area contributed by atoms with E-state index in [0.717, 1.165) is 22.1 Å². The van der Waals surface area contributed by atoms with Gasteiger partial charge < -0.3 is 14.8 Å². The molecule has 0 fully saturated rings. The average molecular weight is 567 g/mol. The minimum Gasteiger partial charge on any atom is -0.490 e. The van der Waals surface area contributed by atoms with E-state index in [2.05, 4.69) is 20.8 Å². The molecule has 9 heteroatoms. The lowest BCUT2D eigenvalue weighted by atomic mass is 10.1. The van der Waals surface area contributed by atoms with Crippen LogP contribution in [-0.4, -0.2) is 23.7 Å². The number of thiazole rings is 1. The summed E-state index contributed by atoms with van der Waals surface area (Å²) in [6, 6.07) is 28.6. The van der Waals surface area contributed by atoms with Crippen LogP contribution in [0.2, 0.25) is 0 Å². The zero-order chi connectivity index (χ0) is 28.4. The molecule has 0 aliphatic heterocycles. The smallest absolute Gasteiger partial charge is 0.271 e. The van der Waals surface area contributed by atoms with Gasteiger partial charge in [-0.2, -0.15) is 5.10 Å². The number of halogens is 1. The Bertz CT molecular complexity index is 1640. The molecule has 7 nitrogen and oxygen atoms in total. The molecule has 0 radical (unpaired) electrons. The number of rotatable bonds is 11. The summed E-state index contributed by atoms with van der Waals surface area (Å²) < 4.78 is 25.0. The molecule has 5 aromatic rings. The number of benzene rings is 4. The summed E-state index contributed by atoms with van der Waals surface area (Å²) in [5.41, 5.74) is 7.16. The second kappa shape index (κ2) is 13.4. The van der Waals surface area contributed by atoms with Crippen molar-refractivity contribution in [3.8, 4) is 22.8 Å². The van der Waals surface area contributed by atoms with Gasteiger partial charge in [0, 0.05) is 22.2 Å². The molecule has 1 aromatic heterocycles. The van der Waals surface area contributed by atoms with Gasteiger partial charge in [0.15, 0.2) is 16.6 Å². The first-order valence-electron chi connectivity index (χ1n) is 12.9. The van der Waals surface area contributed by atoms with Crippen molar-refractivity contribution in [3.63, 3.8) is 0 Å². The van der Waals surface area contributed by atoms with Crippen LogP contribution in [0.15, 0.2) is 108 Å². The Balaban J connectivity index is 1.17. The van der Waals surface area contributed by atoms with Crippen LogP contribution < -0.4 is 20.2 Å². The Kier molecular flexibility index (Phi) is 8.98. The third kappa shape index (κ3) is 7.55. The number of hydrazone groups is 1. The Morgan fingerprint density at radius 2 is 1.78 bits per heavy atom. The quantitative estimate of drug-likeness (QED) is 0.128. The summed E-state index contributed by atoms with van der Waals surface area (Å²) in [6.07, 6.45) is 1.53. The number of amides is 1. The number of hydrogen-bond acceptors (Lipinski definition) is 7. The van der Waals surface area contributed by atoms with Crippen molar-refractivity contribution < 1.29 is 18.7 Å². The third-order valence-corrected chi connectivity index (χ3v) is 6.66. The zero-order valence-corrected chi connectivity index (χ0v) is 23.0. The van der Waals surface area contributed by atoms with Gasteiger partial charge in [-0.05, 0) is 72.6 Å². The number of ether oxygens (including phenoxy) is 2. The van der Waals surface area contributed by atoms with E-state index >= 15 is 0 Å². The van der Waals surface area contributed by atoms with Gasteiger partial charge in [-0.1, -0.05) is 42.5 Å². The molecule has 0 bridgehead atoms. The molecule has 1 amide bonds. The van der Waals surface area contributed by atoms with E-state index in [4.69, 9.17) is 9.47 Å².